The van der Waals surface area contributed by atoms with Gasteiger partial charge in [-0.3, -0.25) is 0 Å². The third-order valence-corrected chi connectivity index (χ3v) is 4.87. The first-order valence-corrected chi connectivity index (χ1v) is 7.20. The molecular formula is C14H16N2O2S. The van der Waals surface area contributed by atoms with Crippen LogP contribution in [0.4, 0.5) is 5.69 Å². The molecule has 0 aliphatic heterocycles. The van der Waals surface area contributed by atoms with E-state index < -0.39 is 0 Å². The molecule has 0 spiro atoms. The molecule has 0 saturated heterocycles. The minimum absolute atomic E-state index is 0.376. The van der Waals surface area contributed by atoms with Gasteiger partial charge >= 0.3 is 5.97 Å². The quantitative estimate of drug-likeness (QED) is 0.813. The molecule has 2 aromatic rings. The normalized spacial score (nSPS) is 18.3. The zero-order valence-corrected chi connectivity index (χ0v) is 11.8. The molecule has 4 nitrogen and oxygen atoms in total. The monoisotopic (exact) mass is 276 g/mol. The number of methoxy groups -OCH3 is 1. The molecule has 2 aromatic heterocycles. The number of fused-ring (bicyclic) bond motifs is 3. The summed E-state index contributed by atoms with van der Waals surface area (Å²) in [5.74, 6) is 0.310. The highest BCUT2D eigenvalue weighted by Crippen LogP contribution is 2.39. The summed E-state index contributed by atoms with van der Waals surface area (Å²) in [6.07, 6.45) is 5.15. The van der Waals surface area contributed by atoms with E-state index in [1.165, 1.54) is 29.6 Å². The lowest BCUT2D eigenvalue weighted by Gasteiger charge is -2.21. The highest BCUT2D eigenvalue weighted by atomic mass is 32.1. The molecule has 0 aromatic carbocycles. The van der Waals surface area contributed by atoms with Gasteiger partial charge in [0.05, 0.1) is 12.8 Å². The van der Waals surface area contributed by atoms with Crippen LogP contribution in [-0.4, -0.2) is 18.1 Å². The third kappa shape index (κ3) is 1.89. The van der Waals surface area contributed by atoms with Gasteiger partial charge in [0.25, 0.3) is 0 Å². The molecule has 0 fully saturated rings. The average Bonchev–Trinajstić information content (AvgIpc) is 2.75. The Hall–Kier alpha value is -1.62. The first-order valence-electron chi connectivity index (χ1n) is 6.38. The summed E-state index contributed by atoms with van der Waals surface area (Å²) in [5.41, 5.74) is 9.22. The molecule has 1 unspecified atom stereocenters. The van der Waals surface area contributed by atoms with E-state index in [-0.39, 0.29) is 5.97 Å². The van der Waals surface area contributed by atoms with Crippen molar-refractivity contribution in [3.05, 3.63) is 22.2 Å². The Labute approximate surface area is 115 Å². The van der Waals surface area contributed by atoms with Crippen LogP contribution in [0.3, 0.4) is 0 Å². The molecule has 3 rings (SSSR count). The molecule has 0 radical (unpaired) electrons. The summed E-state index contributed by atoms with van der Waals surface area (Å²) in [5, 5.41) is 0.967. The van der Waals surface area contributed by atoms with Gasteiger partial charge in [-0.25, -0.2) is 9.78 Å². The molecule has 0 saturated carbocycles. The van der Waals surface area contributed by atoms with E-state index in [0.717, 1.165) is 29.5 Å². The molecule has 1 aliphatic carbocycles. The van der Waals surface area contributed by atoms with E-state index in [1.54, 1.807) is 0 Å². The summed E-state index contributed by atoms with van der Waals surface area (Å²) in [7, 11) is 1.37. The van der Waals surface area contributed by atoms with Crippen LogP contribution < -0.4 is 5.73 Å². The second-order valence-corrected chi connectivity index (χ2v) is 6.13. The number of anilines is 1. The Bertz CT molecular complexity index is 663. The fraction of sp³-hybridized carbons (Fsp3) is 0.429. The maximum absolute atomic E-state index is 11.7. The fourth-order valence-corrected chi connectivity index (χ4v) is 3.78. The van der Waals surface area contributed by atoms with E-state index in [0.29, 0.717) is 16.5 Å². The van der Waals surface area contributed by atoms with Crippen molar-refractivity contribution in [3.8, 4) is 0 Å². The number of nitrogen functional groups attached to an aromatic ring is 1. The number of carbonyl (C=O) groups excluding carboxylic acids is 1. The van der Waals surface area contributed by atoms with Crippen molar-refractivity contribution < 1.29 is 9.53 Å². The molecule has 5 heteroatoms. The Morgan fingerprint density at radius 1 is 1.58 bits per heavy atom. The van der Waals surface area contributed by atoms with E-state index in [1.807, 2.05) is 6.20 Å². The lowest BCUT2D eigenvalue weighted by Crippen LogP contribution is -2.12. The average molecular weight is 276 g/mol. The number of nitrogens with two attached hydrogens (primary N) is 1. The summed E-state index contributed by atoms with van der Waals surface area (Å²) in [4.78, 5) is 17.5. The van der Waals surface area contributed by atoms with Crippen molar-refractivity contribution in [1.82, 2.24) is 4.98 Å². The largest absolute Gasteiger partial charge is 0.465 e. The minimum atomic E-state index is -0.376. The van der Waals surface area contributed by atoms with Gasteiger partial charge in [-0.1, -0.05) is 6.92 Å². The highest BCUT2D eigenvalue weighted by Gasteiger charge is 2.24. The summed E-state index contributed by atoms with van der Waals surface area (Å²) < 4.78 is 4.77. The molecule has 1 atom stereocenters. The first kappa shape index (κ1) is 12.4. The Balaban J connectivity index is 2.23. The second kappa shape index (κ2) is 4.49. The van der Waals surface area contributed by atoms with Crippen molar-refractivity contribution in [2.75, 3.05) is 12.8 Å². The predicted molar refractivity (Wildman–Crippen MR) is 76.6 cm³/mol. The predicted octanol–water partition coefficient (Wildman–Crippen LogP) is 2.79. The van der Waals surface area contributed by atoms with Crippen molar-refractivity contribution in [2.45, 2.75) is 26.2 Å². The number of ether oxygens (including phenoxy) is 1. The number of aryl methyl sites for hydroxylation is 1. The number of rotatable bonds is 1. The smallest absolute Gasteiger partial charge is 0.350 e. The molecule has 2 heterocycles. The molecule has 19 heavy (non-hydrogen) atoms. The van der Waals surface area contributed by atoms with Gasteiger partial charge < -0.3 is 10.5 Å². The van der Waals surface area contributed by atoms with Crippen molar-refractivity contribution in [2.24, 2.45) is 5.92 Å². The van der Waals surface area contributed by atoms with Gasteiger partial charge in [-0.15, -0.1) is 11.3 Å². The minimum Gasteiger partial charge on any atom is -0.465 e. The van der Waals surface area contributed by atoms with Gasteiger partial charge in [0.15, 0.2) is 0 Å². The zero-order valence-electron chi connectivity index (χ0n) is 11.0. The number of hydrogen-bond donors (Lipinski definition) is 1. The number of carbonyl (C=O) groups is 1. The Morgan fingerprint density at radius 2 is 2.37 bits per heavy atom. The number of thiophene rings is 1. The van der Waals surface area contributed by atoms with Crippen molar-refractivity contribution in [3.63, 3.8) is 0 Å². The standard InChI is InChI=1S/C14H16N2O2S/c1-7-3-4-9-8(5-7)6-16-13-10(9)11(15)12(19-13)14(17)18-2/h6-7H,3-5,15H2,1-2H3. The van der Waals surface area contributed by atoms with E-state index >= 15 is 0 Å². The van der Waals surface area contributed by atoms with Crippen molar-refractivity contribution >= 4 is 33.2 Å². The molecule has 0 bridgehead atoms. The summed E-state index contributed by atoms with van der Waals surface area (Å²) in [6.45, 7) is 2.25. The number of aromatic nitrogens is 1. The molecule has 1 aliphatic rings. The number of esters is 1. The molecule has 100 valence electrons. The molecular weight excluding hydrogens is 260 g/mol. The van der Waals surface area contributed by atoms with Gasteiger partial charge in [-0.05, 0) is 36.3 Å². The summed E-state index contributed by atoms with van der Waals surface area (Å²) in [6, 6.07) is 0. The van der Waals surface area contributed by atoms with E-state index in [9.17, 15) is 4.79 Å². The van der Waals surface area contributed by atoms with Crippen LogP contribution in [-0.2, 0) is 17.6 Å². The van der Waals surface area contributed by atoms with E-state index in [4.69, 9.17) is 10.5 Å². The maximum Gasteiger partial charge on any atom is 0.350 e. The lowest BCUT2D eigenvalue weighted by molar-refractivity contribution is 0.0607. The van der Waals surface area contributed by atoms with Crippen LogP contribution in [0.5, 0.6) is 0 Å². The molecule has 2 N–H and O–H groups in total. The van der Waals surface area contributed by atoms with Crippen molar-refractivity contribution in [1.29, 1.82) is 0 Å². The number of hydrogen-bond acceptors (Lipinski definition) is 5. The summed E-state index contributed by atoms with van der Waals surface area (Å²) >= 11 is 1.32. The SMILES string of the molecule is COC(=O)c1sc2ncc3c(c2c1N)CCC(C)C3. The van der Waals surface area contributed by atoms with Crippen LogP contribution >= 0.6 is 11.3 Å². The third-order valence-electron chi connectivity index (χ3n) is 3.78. The number of pyridine rings is 1. The van der Waals surface area contributed by atoms with Crippen LogP contribution in [0.15, 0.2) is 6.20 Å². The Kier molecular flexibility index (Phi) is 2.93. The van der Waals surface area contributed by atoms with Crippen LogP contribution in [0.1, 0.15) is 34.1 Å². The zero-order chi connectivity index (χ0) is 13.6. The van der Waals surface area contributed by atoms with Crippen LogP contribution in [0.2, 0.25) is 0 Å². The highest BCUT2D eigenvalue weighted by molar-refractivity contribution is 7.21. The van der Waals surface area contributed by atoms with Gasteiger partial charge in [-0.2, -0.15) is 0 Å². The van der Waals surface area contributed by atoms with Crippen LogP contribution in [0, 0.1) is 5.92 Å². The fourth-order valence-electron chi connectivity index (χ4n) is 2.76. The van der Waals surface area contributed by atoms with Gasteiger partial charge in [0, 0.05) is 11.6 Å². The van der Waals surface area contributed by atoms with Gasteiger partial charge in [0.1, 0.15) is 9.71 Å². The maximum atomic E-state index is 11.7. The lowest BCUT2D eigenvalue weighted by atomic mass is 9.84. The number of nitrogens with zero attached hydrogens (tertiary/aromatic N) is 1. The topological polar surface area (TPSA) is 65.2 Å². The molecule has 0 amide bonds. The first-order chi connectivity index (χ1) is 9.11. The van der Waals surface area contributed by atoms with Crippen LogP contribution in [0.25, 0.3) is 10.2 Å². The van der Waals surface area contributed by atoms with Gasteiger partial charge in [0.2, 0.25) is 0 Å². The Morgan fingerprint density at radius 3 is 3.11 bits per heavy atom. The second-order valence-electron chi connectivity index (χ2n) is 5.13. The van der Waals surface area contributed by atoms with E-state index in [2.05, 4.69) is 11.9 Å².